The van der Waals surface area contributed by atoms with Gasteiger partial charge in [0.1, 0.15) is 5.76 Å². The summed E-state index contributed by atoms with van der Waals surface area (Å²) in [5.74, 6) is -1.04. The Balaban J connectivity index is 1.92. The number of aromatic carboxylic acids is 1. The number of anilines is 1. The third-order valence-electron chi connectivity index (χ3n) is 2.50. The number of carbonyl (C=O) groups excluding carboxylic acids is 1. The van der Waals surface area contributed by atoms with Crippen molar-refractivity contribution < 1.29 is 19.1 Å². The minimum atomic E-state index is -1.17. The van der Waals surface area contributed by atoms with Crippen LogP contribution in [0.5, 0.6) is 0 Å². The van der Waals surface area contributed by atoms with Gasteiger partial charge in [0.25, 0.3) is 0 Å². The van der Waals surface area contributed by atoms with Gasteiger partial charge < -0.3 is 20.2 Å². The highest BCUT2D eigenvalue weighted by Crippen LogP contribution is 2.29. The van der Waals surface area contributed by atoms with E-state index in [-0.39, 0.29) is 17.3 Å². The SMILES string of the molecule is O=C(NCc1ccc(C(=O)O)o1)Nc1cccc(Cl)c1Cl. The Bertz CT molecular complexity index is 685. The lowest BCUT2D eigenvalue weighted by molar-refractivity contribution is 0.0660. The van der Waals surface area contributed by atoms with Crippen LogP contribution in [0.2, 0.25) is 10.0 Å². The van der Waals surface area contributed by atoms with Crippen molar-refractivity contribution in [1.82, 2.24) is 5.32 Å². The van der Waals surface area contributed by atoms with Gasteiger partial charge in [-0.15, -0.1) is 0 Å². The molecule has 3 N–H and O–H groups in total. The van der Waals surface area contributed by atoms with Crippen LogP contribution in [0.3, 0.4) is 0 Å². The van der Waals surface area contributed by atoms with E-state index in [4.69, 9.17) is 32.7 Å². The number of rotatable bonds is 4. The van der Waals surface area contributed by atoms with Crippen LogP contribution in [0.1, 0.15) is 16.3 Å². The first kappa shape index (κ1) is 15.2. The molecule has 0 fully saturated rings. The monoisotopic (exact) mass is 328 g/mol. The molecule has 1 heterocycles. The Hall–Kier alpha value is -2.18. The van der Waals surface area contributed by atoms with Gasteiger partial charge >= 0.3 is 12.0 Å². The maximum absolute atomic E-state index is 11.7. The summed E-state index contributed by atoms with van der Waals surface area (Å²) in [4.78, 5) is 22.4. The number of carboxylic acids is 1. The van der Waals surface area contributed by atoms with Crippen molar-refractivity contribution >= 4 is 40.9 Å². The lowest BCUT2D eigenvalue weighted by atomic mass is 10.3. The number of benzene rings is 1. The highest BCUT2D eigenvalue weighted by atomic mass is 35.5. The van der Waals surface area contributed by atoms with Gasteiger partial charge in [0.2, 0.25) is 5.76 Å². The molecule has 0 saturated carbocycles. The van der Waals surface area contributed by atoms with Crippen molar-refractivity contribution in [3.63, 3.8) is 0 Å². The van der Waals surface area contributed by atoms with Crippen LogP contribution in [0.25, 0.3) is 0 Å². The molecule has 1 aromatic heterocycles. The number of hydrogen-bond donors (Lipinski definition) is 3. The lowest BCUT2D eigenvalue weighted by Gasteiger charge is -2.08. The fourth-order valence-electron chi connectivity index (χ4n) is 1.52. The zero-order valence-corrected chi connectivity index (χ0v) is 12.0. The number of amides is 2. The molecule has 0 unspecified atom stereocenters. The average molecular weight is 329 g/mol. The van der Waals surface area contributed by atoms with Crippen molar-refractivity contribution in [3.05, 3.63) is 51.9 Å². The Morgan fingerprint density at radius 1 is 1.19 bits per heavy atom. The van der Waals surface area contributed by atoms with Crippen molar-refractivity contribution in [2.45, 2.75) is 6.54 Å². The zero-order valence-electron chi connectivity index (χ0n) is 10.5. The minimum Gasteiger partial charge on any atom is -0.475 e. The predicted octanol–water partition coefficient (Wildman–Crippen LogP) is 3.61. The number of nitrogens with one attached hydrogen (secondary N) is 2. The summed E-state index contributed by atoms with van der Waals surface area (Å²) < 4.78 is 5.00. The third kappa shape index (κ3) is 3.90. The number of carboxylic acid groups (broad SMARTS) is 1. The number of hydrogen-bond acceptors (Lipinski definition) is 3. The molecule has 2 amide bonds. The molecule has 21 heavy (non-hydrogen) atoms. The molecule has 0 saturated heterocycles. The number of halogens is 2. The Morgan fingerprint density at radius 2 is 1.95 bits per heavy atom. The first-order chi connectivity index (χ1) is 9.97. The van der Waals surface area contributed by atoms with E-state index in [0.717, 1.165) is 0 Å². The summed E-state index contributed by atoms with van der Waals surface area (Å²) in [6.07, 6.45) is 0. The maximum atomic E-state index is 11.7. The lowest BCUT2D eigenvalue weighted by Crippen LogP contribution is -2.28. The molecule has 0 aliphatic heterocycles. The van der Waals surface area contributed by atoms with Gasteiger partial charge in [0, 0.05) is 0 Å². The molecular weight excluding hydrogens is 319 g/mol. The molecule has 0 bridgehead atoms. The van der Waals surface area contributed by atoms with E-state index in [0.29, 0.717) is 16.5 Å². The maximum Gasteiger partial charge on any atom is 0.371 e. The molecule has 2 aromatic rings. The Morgan fingerprint density at radius 3 is 2.62 bits per heavy atom. The highest BCUT2D eigenvalue weighted by molar-refractivity contribution is 6.43. The van der Waals surface area contributed by atoms with E-state index in [1.54, 1.807) is 18.2 Å². The normalized spacial score (nSPS) is 10.2. The number of furan rings is 1. The molecule has 1 aromatic carbocycles. The zero-order chi connectivity index (χ0) is 15.4. The summed E-state index contributed by atoms with van der Waals surface area (Å²) in [6, 6.07) is 7.11. The molecule has 0 radical (unpaired) electrons. The predicted molar refractivity (Wildman–Crippen MR) is 78.0 cm³/mol. The molecule has 2 rings (SSSR count). The van der Waals surface area contributed by atoms with Crippen molar-refractivity contribution in [3.8, 4) is 0 Å². The van der Waals surface area contributed by atoms with Gasteiger partial charge in [-0.1, -0.05) is 29.3 Å². The van der Waals surface area contributed by atoms with Gasteiger partial charge in [-0.2, -0.15) is 0 Å². The molecule has 0 spiro atoms. The molecule has 0 aliphatic carbocycles. The van der Waals surface area contributed by atoms with Crippen LogP contribution in [-0.4, -0.2) is 17.1 Å². The number of carbonyl (C=O) groups is 2. The van der Waals surface area contributed by atoms with Crippen LogP contribution in [0.4, 0.5) is 10.5 Å². The van der Waals surface area contributed by atoms with Crippen LogP contribution in [-0.2, 0) is 6.54 Å². The molecule has 0 aliphatic rings. The van der Waals surface area contributed by atoms with E-state index in [1.807, 2.05) is 0 Å². The topological polar surface area (TPSA) is 91.6 Å². The van der Waals surface area contributed by atoms with Crippen LogP contribution in [0, 0.1) is 0 Å². The van der Waals surface area contributed by atoms with E-state index < -0.39 is 12.0 Å². The van der Waals surface area contributed by atoms with Crippen molar-refractivity contribution in [2.24, 2.45) is 0 Å². The van der Waals surface area contributed by atoms with Crippen LogP contribution in [0.15, 0.2) is 34.7 Å². The second-order valence-electron chi connectivity index (χ2n) is 3.98. The Kier molecular flexibility index (Phi) is 4.72. The quantitative estimate of drug-likeness (QED) is 0.799. The van der Waals surface area contributed by atoms with Gasteiger partial charge in [-0.05, 0) is 24.3 Å². The summed E-state index contributed by atoms with van der Waals surface area (Å²) >= 11 is 11.8. The van der Waals surface area contributed by atoms with Crippen molar-refractivity contribution in [1.29, 1.82) is 0 Å². The molecule has 8 heteroatoms. The number of urea groups is 1. The van der Waals surface area contributed by atoms with Crippen LogP contribution < -0.4 is 10.6 Å². The Labute approximate surface area is 129 Å². The van der Waals surface area contributed by atoms with Gasteiger partial charge in [-0.25, -0.2) is 9.59 Å². The smallest absolute Gasteiger partial charge is 0.371 e. The minimum absolute atomic E-state index is 0.0390. The second-order valence-corrected chi connectivity index (χ2v) is 4.77. The molecule has 6 nitrogen and oxygen atoms in total. The summed E-state index contributed by atoms with van der Waals surface area (Å²) in [6.45, 7) is 0.0390. The molecule has 0 atom stereocenters. The molecule has 110 valence electrons. The highest BCUT2D eigenvalue weighted by Gasteiger charge is 2.11. The first-order valence-electron chi connectivity index (χ1n) is 5.78. The third-order valence-corrected chi connectivity index (χ3v) is 3.31. The average Bonchev–Trinajstić information content (AvgIpc) is 2.91. The summed E-state index contributed by atoms with van der Waals surface area (Å²) in [5.41, 5.74) is 0.368. The molecular formula is C13H10Cl2N2O4. The van der Waals surface area contributed by atoms with E-state index in [9.17, 15) is 9.59 Å². The van der Waals surface area contributed by atoms with Crippen molar-refractivity contribution in [2.75, 3.05) is 5.32 Å². The second kappa shape index (κ2) is 6.51. The summed E-state index contributed by atoms with van der Waals surface area (Å²) in [5, 5.41) is 14.3. The van der Waals surface area contributed by atoms with Gasteiger partial charge in [0.05, 0.1) is 22.3 Å². The largest absolute Gasteiger partial charge is 0.475 e. The standard InChI is InChI=1S/C13H10Cl2N2O4/c14-8-2-1-3-9(11(8)15)17-13(20)16-6-7-4-5-10(21-7)12(18)19/h1-5H,6H2,(H,18,19)(H2,16,17,20). The van der Waals surface area contributed by atoms with Gasteiger partial charge in [-0.3, -0.25) is 0 Å². The van der Waals surface area contributed by atoms with E-state index in [2.05, 4.69) is 10.6 Å². The summed E-state index contributed by atoms with van der Waals surface area (Å²) in [7, 11) is 0. The van der Waals surface area contributed by atoms with Crippen LogP contribution >= 0.6 is 23.2 Å². The fourth-order valence-corrected chi connectivity index (χ4v) is 1.87. The van der Waals surface area contributed by atoms with E-state index in [1.165, 1.54) is 12.1 Å². The van der Waals surface area contributed by atoms with E-state index >= 15 is 0 Å². The first-order valence-corrected chi connectivity index (χ1v) is 6.54. The van der Waals surface area contributed by atoms with Gasteiger partial charge in [0.15, 0.2) is 0 Å². The fraction of sp³-hybridized carbons (Fsp3) is 0.0769.